The Balaban J connectivity index is 2.46. The van der Waals surface area contributed by atoms with Gasteiger partial charge in [-0.2, -0.15) is 0 Å². The molecule has 1 rings (SSSR count). The molecule has 17 heavy (non-hydrogen) atoms. The Hall–Kier alpha value is -1.36. The van der Waals surface area contributed by atoms with Crippen LogP contribution in [0.25, 0.3) is 0 Å². The summed E-state index contributed by atoms with van der Waals surface area (Å²) in [4.78, 5) is 24.9. The number of carbonyl (C=O) groups is 2. The van der Waals surface area contributed by atoms with E-state index < -0.39 is 12.1 Å². The third-order valence-corrected chi connectivity index (χ3v) is 2.68. The summed E-state index contributed by atoms with van der Waals surface area (Å²) in [5.41, 5.74) is 0.939. The molecule has 0 aliphatic carbocycles. The molecule has 1 aliphatic rings. The number of hydrogen-bond acceptors (Lipinski definition) is 3. The second kappa shape index (κ2) is 5.82. The van der Waals surface area contributed by atoms with Gasteiger partial charge in [-0.3, -0.25) is 9.59 Å². The fourth-order valence-corrected chi connectivity index (χ4v) is 1.69. The molecule has 2 unspecified atom stereocenters. The minimum absolute atomic E-state index is 0.0592. The second-order valence-corrected chi connectivity index (χ2v) is 4.45. The summed E-state index contributed by atoms with van der Waals surface area (Å²) in [6.07, 6.45) is 0. The lowest BCUT2D eigenvalue weighted by molar-refractivity contribution is -0.148. The number of rotatable bonds is 5. The molecule has 0 spiro atoms. The van der Waals surface area contributed by atoms with Crippen molar-refractivity contribution >= 4 is 11.8 Å². The maximum atomic E-state index is 11.8. The number of nitrogens with zero attached hydrogens (tertiary/aromatic N) is 1. The van der Waals surface area contributed by atoms with Crippen LogP contribution in [0.4, 0.5) is 0 Å². The summed E-state index contributed by atoms with van der Waals surface area (Å²) in [6.45, 7) is 10.4. The van der Waals surface area contributed by atoms with Crippen LogP contribution in [0.15, 0.2) is 12.2 Å². The van der Waals surface area contributed by atoms with Crippen LogP contribution in [0.1, 0.15) is 20.8 Å². The largest absolute Gasteiger partial charge is 0.375 e. The number of nitrogens with one attached hydrogen (secondary N) is 1. The second-order valence-electron chi connectivity index (χ2n) is 4.45. The van der Waals surface area contributed by atoms with Crippen molar-refractivity contribution in [3.8, 4) is 0 Å². The Labute approximate surface area is 102 Å². The van der Waals surface area contributed by atoms with E-state index in [1.54, 1.807) is 18.7 Å². The highest BCUT2D eigenvalue weighted by Crippen LogP contribution is 2.09. The highest BCUT2D eigenvalue weighted by molar-refractivity contribution is 5.96. The number of amides is 2. The summed E-state index contributed by atoms with van der Waals surface area (Å²) in [5, 5.41) is 2.63. The van der Waals surface area contributed by atoms with Crippen LogP contribution in [0, 0.1) is 0 Å². The molecule has 0 aromatic heterocycles. The van der Waals surface area contributed by atoms with Crippen LogP contribution in [0.3, 0.4) is 0 Å². The van der Waals surface area contributed by atoms with Crippen LogP contribution in [-0.4, -0.2) is 48.6 Å². The smallest absolute Gasteiger partial charge is 0.245 e. The average Bonchev–Trinajstić information content (AvgIpc) is 2.25. The third-order valence-electron chi connectivity index (χ3n) is 2.68. The van der Waals surface area contributed by atoms with Crippen LogP contribution in [-0.2, 0) is 14.3 Å². The average molecular weight is 240 g/mol. The Morgan fingerprint density at radius 2 is 2.12 bits per heavy atom. The summed E-state index contributed by atoms with van der Waals surface area (Å²) in [6, 6.07) is -0.869. The maximum absolute atomic E-state index is 11.8. The van der Waals surface area contributed by atoms with E-state index in [0.717, 1.165) is 5.57 Å². The molecule has 5 nitrogen and oxygen atoms in total. The number of piperazine rings is 1. The van der Waals surface area contributed by atoms with E-state index in [9.17, 15) is 9.59 Å². The topological polar surface area (TPSA) is 58.6 Å². The molecule has 0 aromatic carbocycles. The van der Waals surface area contributed by atoms with Crippen LogP contribution in [0.5, 0.6) is 0 Å². The Bertz CT molecular complexity index is 328. The van der Waals surface area contributed by atoms with Crippen molar-refractivity contribution in [1.29, 1.82) is 0 Å². The summed E-state index contributed by atoms with van der Waals surface area (Å²) < 4.78 is 5.34. The van der Waals surface area contributed by atoms with Crippen LogP contribution >= 0.6 is 0 Å². The highest BCUT2D eigenvalue weighted by Gasteiger charge is 2.35. The number of carbonyl (C=O) groups excluding carboxylic acids is 2. The van der Waals surface area contributed by atoms with E-state index in [1.807, 2.05) is 6.92 Å². The first-order valence-corrected chi connectivity index (χ1v) is 5.76. The Kier molecular flexibility index (Phi) is 4.69. The van der Waals surface area contributed by atoms with Crippen LogP contribution in [0.2, 0.25) is 0 Å². The quantitative estimate of drug-likeness (QED) is 0.556. The van der Waals surface area contributed by atoms with Gasteiger partial charge in [-0.1, -0.05) is 12.2 Å². The minimum atomic E-state index is -0.445. The summed E-state index contributed by atoms with van der Waals surface area (Å²) >= 11 is 0. The first-order chi connectivity index (χ1) is 7.93. The van der Waals surface area contributed by atoms with Gasteiger partial charge in [0.15, 0.2) is 0 Å². The normalized spacial score (nSPS) is 24.8. The van der Waals surface area contributed by atoms with E-state index in [2.05, 4.69) is 11.9 Å². The lowest BCUT2D eigenvalue weighted by Crippen LogP contribution is -2.61. The molecule has 1 saturated heterocycles. The fraction of sp³-hybridized carbons (Fsp3) is 0.667. The summed E-state index contributed by atoms with van der Waals surface area (Å²) in [7, 11) is 0. The maximum Gasteiger partial charge on any atom is 0.245 e. The van der Waals surface area contributed by atoms with Crippen molar-refractivity contribution in [3.63, 3.8) is 0 Å². The van der Waals surface area contributed by atoms with Crippen molar-refractivity contribution in [2.24, 2.45) is 0 Å². The molecular formula is C12H20N2O3. The van der Waals surface area contributed by atoms with Gasteiger partial charge in [0.2, 0.25) is 11.8 Å². The molecule has 0 radical (unpaired) electrons. The molecule has 1 N–H and O–H groups in total. The molecule has 0 bridgehead atoms. The van der Waals surface area contributed by atoms with Crippen molar-refractivity contribution < 1.29 is 14.3 Å². The Morgan fingerprint density at radius 3 is 2.71 bits per heavy atom. The van der Waals surface area contributed by atoms with Gasteiger partial charge in [0.25, 0.3) is 0 Å². The van der Waals surface area contributed by atoms with E-state index in [-0.39, 0.29) is 11.8 Å². The van der Waals surface area contributed by atoms with Crippen molar-refractivity contribution in [2.75, 3.05) is 19.8 Å². The van der Waals surface area contributed by atoms with Gasteiger partial charge in [0.05, 0.1) is 13.2 Å². The van der Waals surface area contributed by atoms with Gasteiger partial charge in [-0.15, -0.1) is 0 Å². The molecule has 0 saturated carbocycles. The lowest BCUT2D eigenvalue weighted by Gasteiger charge is -2.36. The van der Waals surface area contributed by atoms with Gasteiger partial charge in [0.1, 0.15) is 12.1 Å². The highest BCUT2D eigenvalue weighted by atomic mass is 16.5. The number of hydrogen-bond donors (Lipinski definition) is 1. The predicted molar refractivity (Wildman–Crippen MR) is 64.4 cm³/mol. The van der Waals surface area contributed by atoms with Gasteiger partial charge < -0.3 is 15.0 Å². The zero-order chi connectivity index (χ0) is 13.0. The van der Waals surface area contributed by atoms with Crippen molar-refractivity contribution in [3.05, 3.63) is 12.2 Å². The molecule has 1 aliphatic heterocycles. The SMILES string of the molecule is C=C(C)COCCN1C(=O)C(C)NC(=O)C1C. The minimum Gasteiger partial charge on any atom is -0.375 e. The number of ether oxygens (including phenoxy) is 1. The predicted octanol–water partition coefficient (Wildman–Crippen LogP) is 0.314. The lowest BCUT2D eigenvalue weighted by atomic mass is 10.1. The van der Waals surface area contributed by atoms with Gasteiger partial charge in [0, 0.05) is 6.54 Å². The van der Waals surface area contributed by atoms with Crippen LogP contribution < -0.4 is 5.32 Å². The molecule has 5 heteroatoms. The van der Waals surface area contributed by atoms with E-state index in [1.165, 1.54) is 0 Å². The first-order valence-electron chi connectivity index (χ1n) is 5.76. The molecule has 2 amide bonds. The van der Waals surface area contributed by atoms with Crippen molar-refractivity contribution in [2.45, 2.75) is 32.9 Å². The van der Waals surface area contributed by atoms with E-state index >= 15 is 0 Å². The zero-order valence-electron chi connectivity index (χ0n) is 10.7. The molecular weight excluding hydrogens is 220 g/mol. The molecule has 0 aromatic rings. The van der Waals surface area contributed by atoms with Gasteiger partial charge in [-0.05, 0) is 20.8 Å². The monoisotopic (exact) mass is 240 g/mol. The molecule has 96 valence electrons. The van der Waals surface area contributed by atoms with Crippen molar-refractivity contribution in [1.82, 2.24) is 10.2 Å². The molecule has 1 fully saturated rings. The van der Waals surface area contributed by atoms with E-state index in [4.69, 9.17) is 4.74 Å². The first kappa shape index (κ1) is 13.7. The Morgan fingerprint density at radius 1 is 1.47 bits per heavy atom. The van der Waals surface area contributed by atoms with E-state index in [0.29, 0.717) is 19.8 Å². The zero-order valence-corrected chi connectivity index (χ0v) is 10.7. The van der Waals surface area contributed by atoms with Gasteiger partial charge >= 0.3 is 0 Å². The summed E-state index contributed by atoms with van der Waals surface area (Å²) in [5.74, 6) is -0.173. The fourth-order valence-electron chi connectivity index (χ4n) is 1.69. The molecule has 1 heterocycles. The standard InChI is InChI=1S/C12H20N2O3/c1-8(2)7-17-6-5-14-10(4)11(15)13-9(3)12(14)16/h9-10H,1,5-7H2,2-4H3,(H,13,15). The molecule has 2 atom stereocenters. The van der Waals surface area contributed by atoms with Gasteiger partial charge in [-0.25, -0.2) is 0 Å². The third kappa shape index (κ3) is 3.56.